The van der Waals surface area contributed by atoms with Gasteiger partial charge in [-0.1, -0.05) is 48.5 Å². The number of hydrogen-bond donors (Lipinski definition) is 1. The molecule has 0 radical (unpaired) electrons. The smallest absolute Gasteiger partial charge is 0.270 e. The number of fused-ring (bicyclic) bond motifs is 1. The van der Waals surface area contributed by atoms with Gasteiger partial charge < -0.3 is 9.88 Å². The molecule has 0 amide bonds. The molecule has 1 heterocycles. The summed E-state index contributed by atoms with van der Waals surface area (Å²) in [5, 5.41) is 11.8. The zero-order chi connectivity index (χ0) is 23.5. The Labute approximate surface area is 189 Å². The van der Waals surface area contributed by atoms with Crippen LogP contribution in [-0.4, -0.2) is 29.8 Å². The van der Waals surface area contributed by atoms with Crippen LogP contribution in [-0.2, 0) is 0 Å². The van der Waals surface area contributed by atoms with Gasteiger partial charge in [0.25, 0.3) is 11.2 Å². The Morgan fingerprint density at radius 2 is 1.70 bits per heavy atom. The second-order valence-electron chi connectivity index (χ2n) is 7.74. The molecule has 0 aliphatic rings. The molecule has 0 saturated heterocycles. The van der Waals surface area contributed by atoms with Crippen LogP contribution in [0.2, 0.25) is 0 Å². The third-order valence-electron chi connectivity index (χ3n) is 5.35. The maximum atomic E-state index is 13.2. The van der Waals surface area contributed by atoms with E-state index in [0.29, 0.717) is 22.0 Å². The van der Waals surface area contributed by atoms with Crippen molar-refractivity contribution in [1.29, 1.82) is 0 Å². The van der Waals surface area contributed by atoms with Crippen molar-refractivity contribution in [3.05, 3.63) is 110 Å². The number of pyridine rings is 1. The van der Waals surface area contributed by atoms with Crippen LogP contribution in [0.3, 0.4) is 0 Å². The molecule has 0 unspecified atom stereocenters. The van der Waals surface area contributed by atoms with Crippen molar-refractivity contribution in [2.45, 2.75) is 0 Å². The topological polar surface area (TPSA) is 96.3 Å². The fourth-order valence-corrected chi connectivity index (χ4v) is 3.67. The van der Waals surface area contributed by atoms with E-state index in [1.807, 2.05) is 49.3 Å². The van der Waals surface area contributed by atoms with Gasteiger partial charge in [-0.2, -0.15) is 0 Å². The third-order valence-corrected chi connectivity index (χ3v) is 5.35. The number of H-pyrrole nitrogens is 1. The van der Waals surface area contributed by atoms with E-state index in [2.05, 4.69) is 4.98 Å². The number of nitrogens with one attached hydrogen (secondary N) is 1. The third kappa shape index (κ3) is 4.43. The number of allylic oxidation sites excluding steroid dienone is 1. The summed E-state index contributed by atoms with van der Waals surface area (Å²) < 4.78 is 0. The lowest BCUT2D eigenvalue weighted by molar-refractivity contribution is -0.384. The average molecular weight is 439 g/mol. The second kappa shape index (κ2) is 8.92. The molecule has 33 heavy (non-hydrogen) atoms. The predicted octanol–water partition coefficient (Wildman–Crippen LogP) is 5.07. The molecule has 4 aromatic rings. The number of aromatic amines is 1. The van der Waals surface area contributed by atoms with Crippen LogP contribution in [0.1, 0.15) is 15.9 Å². The first kappa shape index (κ1) is 21.7. The van der Waals surface area contributed by atoms with Gasteiger partial charge in [0.1, 0.15) is 0 Å². The number of carbonyl (C=O) groups is 1. The van der Waals surface area contributed by atoms with Gasteiger partial charge in [0.05, 0.1) is 10.5 Å². The average Bonchev–Trinajstić information content (AvgIpc) is 2.82. The lowest BCUT2D eigenvalue weighted by atomic mass is 9.93. The predicted molar refractivity (Wildman–Crippen MR) is 131 cm³/mol. The van der Waals surface area contributed by atoms with E-state index in [0.717, 1.165) is 11.3 Å². The van der Waals surface area contributed by atoms with Gasteiger partial charge in [-0.15, -0.1) is 0 Å². The quantitative estimate of drug-likeness (QED) is 0.196. The lowest BCUT2D eigenvalue weighted by Gasteiger charge is -2.12. The van der Waals surface area contributed by atoms with Crippen molar-refractivity contribution >= 4 is 34.1 Å². The van der Waals surface area contributed by atoms with Crippen molar-refractivity contribution in [2.24, 2.45) is 0 Å². The van der Waals surface area contributed by atoms with E-state index in [1.54, 1.807) is 30.3 Å². The van der Waals surface area contributed by atoms with Crippen LogP contribution < -0.4 is 10.5 Å². The van der Waals surface area contributed by atoms with Crippen LogP contribution in [0, 0.1) is 10.1 Å². The molecule has 0 fully saturated rings. The number of benzene rings is 3. The molecule has 7 heteroatoms. The number of non-ortho nitro benzene ring substituents is 1. The van der Waals surface area contributed by atoms with Crippen molar-refractivity contribution in [2.75, 3.05) is 19.0 Å². The molecule has 0 saturated carbocycles. The van der Waals surface area contributed by atoms with E-state index >= 15 is 0 Å². The second-order valence-corrected chi connectivity index (χ2v) is 7.74. The first-order valence-electron chi connectivity index (χ1n) is 10.2. The van der Waals surface area contributed by atoms with Crippen molar-refractivity contribution in [3.63, 3.8) is 0 Å². The Hall–Kier alpha value is -4.52. The molecule has 0 aliphatic heterocycles. The van der Waals surface area contributed by atoms with Crippen LogP contribution in [0.15, 0.2) is 83.7 Å². The summed E-state index contributed by atoms with van der Waals surface area (Å²) in [4.78, 5) is 41.7. The molecule has 4 rings (SSSR count). The van der Waals surface area contributed by atoms with Crippen LogP contribution in [0.25, 0.3) is 28.1 Å². The summed E-state index contributed by atoms with van der Waals surface area (Å²) in [6.45, 7) is 0. The number of aromatic nitrogens is 1. The highest BCUT2D eigenvalue weighted by Gasteiger charge is 2.21. The first-order chi connectivity index (χ1) is 15.8. The maximum absolute atomic E-state index is 13.2. The summed E-state index contributed by atoms with van der Waals surface area (Å²) in [5.74, 6) is -0.486. The summed E-state index contributed by atoms with van der Waals surface area (Å²) in [5.41, 5.74) is 2.52. The SMILES string of the molecule is CN(C)c1ccc(/C=C/C(=O)c2c(-c3ccccc3)c3cc([N+](=O)[O-])ccc3[nH]c2=O)cc1. The number of nitrogens with zero attached hydrogens (tertiary/aromatic N) is 2. The lowest BCUT2D eigenvalue weighted by Crippen LogP contribution is -2.18. The van der Waals surface area contributed by atoms with Gasteiger partial charge in [-0.3, -0.25) is 19.7 Å². The Kier molecular flexibility index (Phi) is 5.87. The molecule has 164 valence electrons. The van der Waals surface area contributed by atoms with Gasteiger partial charge in [-0.05, 0) is 35.4 Å². The summed E-state index contributed by atoms with van der Waals surface area (Å²) >= 11 is 0. The zero-order valence-electron chi connectivity index (χ0n) is 18.1. The van der Waals surface area contributed by atoms with E-state index in [1.165, 1.54) is 24.3 Å². The Morgan fingerprint density at radius 3 is 2.33 bits per heavy atom. The maximum Gasteiger partial charge on any atom is 0.270 e. The van der Waals surface area contributed by atoms with Crippen molar-refractivity contribution in [1.82, 2.24) is 4.98 Å². The molecule has 1 N–H and O–H groups in total. The van der Waals surface area contributed by atoms with E-state index in [-0.39, 0.29) is 11.3 Å². The van der Waals surface area contributed by atoms with Gasteiger partial charge in [0.2, 0.25) is 0 Å². The van der Waals surface area contributed by atoms with Crippen LogP contribution in [0.5, 0.6) is 0 Å². The fourth-order valence-electron chi connectivity index (χ4n) is 3.67. The normalized spacial score (nSPS) is 11.1. The Balaban J connectivity index is 1.87. The molecular weight excluding hydrogens is 418 g/mol. The van der Waals surface area contributed by atoms with Crippen LogP contribution in [0.4, 0.5) is 11.4 Å². The highest BCUT2D eigenvalue weighted by molar-refractivity contribution is 6.15. The zero-order valence-corrected chi connectivity index (χ0v) is 18.1. The molecule has 0 aliphatic carbocycles. The number of ketones is 1. The van der Waals surface area contributed by atoms with Gasteiger partial charge in [-0.25, -0.2) is 0 Å². The van der Waals surface area contributed by atoms with Gasteiger partial charge in [0.15, 0.2) is 5.78 Å². The minimum atomic E-state index is -0.548. The van der Waals surface area contributed by atoms with Crippen molar-refractivity contribution < 1.29 is 9.72 Å². The van der Waals surface area contributed by atoms with Crippen LogP contribution >= 0.6 is 0 Å². The summed E-state index contributed by atoms with van der Waals surface area (Å²) in [6, 6.07) is 20.8. The molecule has 3 aromatic carbocycles. The highest BCUT2D eigenvalue weighted by atomic mass is 16.6. The standard InChI is InChI=1S/C26H21N3O4/c1-28(2)19-11-8-17(9-12-19)10-15-23(30)25-24(18-6-4-3-5-7-18)21-16-20(29(32)33)13-14-22(21)27-26(25)31/h3-16H,1-2H3,(H,27,31)/b15-10+. The number of anilines is 1. The molecule has 0 bridgehead atoms. The van der Waals surface area contributed by atoms with Gasteiger partial charge in [0, 0.05) is 48.4 Å². The highest BCUT2D eigenvalue weighted by Crippen LogP contribution is 2.32. The minimum Gasteiger partial charge on any atom is -0.378 e. The number of rotatable bonds is 6. The monoisotopic (exact) mass is 439 g/mol. The van der Waals surface area contributed by atoms with Gasteiger partial charge >= 0.3 is 0 Å². The molecular formula is C26H21N3O4. The molecule has 1 aromatic heterocycles. The summed E-state index contributed by atoms with van der Waals surface area (Å²) in [7, 11) is 3.88. The molecule has 7 nitrogen and oxygen atoms in total. The molecule has 0 spiro atoms. The first-order valence-corrected chi connectivity index (χ1v) is 10.2. The minimum absolute atomic E-state index is 0.0599. The Morgan fingerprint density at radius 1 is 1.00 bits per heavy atom. The van der Waals surface area contributed by atoms with E-state index < -0.39 is 16.3 Å². The number of nitro groups is 1. The van der Waals surface area contributed by atoms with Crippen molar-refractivity contribution in [3.8, 4) is 11.1 Å². The number of nitro benzene ring substituents is 1. The summed E-state index contributed by atoms with van der Waals surface area (Å²) in [6.07, 6.45) is 3.00. The molecule has 0 atom stereocenters. The van der Waals surface area contributed by atoms with E-state index in [4.69, 9.17) is 0 Å². The Bertz CT molecular complexity index is 1440. The fraction of sp³-hybridized carbons (Fsp3) is 0.0769. The van der Waals surface area contributed by atoms with E-state index in [9.17, 15) is 19.7 Å². The largest absolute Gasteiger partial charge is 0.378 e. The number of hydrogen-bond acceptors (Lipinski definition) is 5. The number of carbonyl (C=O) groups excluding carboxylic acids is 1.